The SMILES string of the molecule is O=C(O)c1cc(F)ccc1NC(=O)C1NCC2CCCC21. The molecule has 112 valence electrons. The molecule has 21 heavy (non-hydrogen) atoms. The highest BCUT2D eigenvalue weighted by Gasteiger charge is 2.42. The number of benzene rings is 1. The molecule has 1 aliphatic carbocycles. The molecule has 0 spiro atoms. The minimum absolute atomic E-state index is 0.136. The molecule has 1 heterocycles. The number of anilines is 1. The van der Waals surface area contributed by atoms with Crippen molar-refractivity contribution >= 4 is 17.6 Å². The molecule has 0 radical (unpaired) electrons. The molecule has 5 nitrogen and oxygen atoms in total. The second-order valence-electron chi connectivity index (χ2n) is 5.73. The summed E-state index contributed by atoms with van der Waals surface area (Å²) in [5.74, 6) is -1.28. The molecule has 1 aliphatic heterocycles. The molecule has 0 bridgehead atoms. The number of aromatic carboxylic acids is 1. The van der Waals surface area contributed by atoms with Gasteiger partial charge in [-0.05, 0) is 49.4 Å². The molecule has 1 aromatic carbocycles. The number of carbonyl (C=O) groups is 2. The number of hydrogen-bond acceptors (Lipinski definition) is 3. The summed E-state index contributed by atoms with van der Waals surface area (Å²) in [5.41, 5.74) is -0.0959. The van der Waals surface area contributed by atoms with E-state index in [0.29, 0.717) is 11.8 Å². The number of hydrogen-bond donors (Lipinski definition) is 3. The standard InChI is InChI=1S/C15H17FN2O3/c16-9-4-5-12(11(6-9)15(20)21)18-14(19)13-10-3-1-2-8(10)7-17-13/h4-6,8,10,13,17H,1-3,7H2,(H,18,19)(H,20,21). The highest BCUT2D eigenvalue weighted by Crippen LogP contribution is 2.38. The predicted octanol–water partition coefficient (Wildman–Crippen LogP) is 1.85. The third-order valence-electron chi connectivity index (χ3n) is 4.50. The largest absolute Gasteiger partial charge is 0.478 e. The van der Waals surface area contributed by atoms with Crippen LogP contribution in [0.2, 0.25) is 0 Å². The van der Waals surface area contributed by atoms with Crippen molar-refractivity contribution in [1.82, 2.24) is 5.32 Å². The number of amides is 1. The summed E-state index contributed by atoms with van der Waals surface area (Å²) in [7, 11) is 0. The molecule has 1 saturated carbocycles. The molecule has 3 unspecified atom stereocenters. The zero-order valence-corrected chi connectivity index (χ0v) is 11.4. The van der Waals surface area contributed by atoms with Crippen LogP contribution in [0.3, 0.4) is 0 Å². The number of carbonyl (C=O) groups excluding carboxylic acids is 1. The molecule has 1 amide bonds. The third kappa shape index (κ3) is 2.63. The van der Waals surface area contributed by atoms with Crippen LogP contribution in [0.5, 0.6) is 0 Å². The van der Waals surface area contributed by atoms with Gasteiger partial charge in [0.15, 0.2) is 0 Å². The Kier molecular flexibility index (Phi) is 3.63. The predicted molar refractivity (Wildman–Crippen MR) is 74.6 cm³/mol. The molecule has 3 rings (SSSR count). The van der Waals surface area contributed by atoms with E-state index in [1.807, 2.05) is 0 Å². The average molecular weight is 292 g/mol. The van der Waals surface area contributed by atoms with E-state index in [9.17, 15) is 14.0 Å². The fourth-order valence-electron chi connectivity index (χ4n) is 3.49. The van der Waals surface area contributed by atoms with E-state index in [1.165, 1.54) is 6.07 Å². The number of rotatable bonds is 3. The lowest BCUT2D eigenvalue weighted by molar-refractivity contribution is -0.118. The minimum atomic E-state index is -1.26. The van der Waals surface area contributed by atoms with Crippen molar-refractivity contribution in [3.05, 3.63) is 29.6 Å². The first kappa shape index (κ1) is 14.0. The lowest BCUT2D eigenvalue weighted by atomic mass is 9.93. The van der Waals surface area contributed by atoms with Gasteiger partial charge >= 0.3 is 5.97 Å². The Labute approximate surface area is 121 Å². The first-order valence-corrected chi connectivity index (χ1v) is 7.13. The van der Waals surface area contributed by atoms with E-state index in [0.717, 1.165) is 37.9 Å². The fourth-order valence-corrected chi connectivity index (χ4v) is 3.49. The van der Waals surface area contributed by atoms with Gasteiger partial charge in [-0.15, -0.1) is 0 Å². The number of halogens is 1. The van der Waals surface area contributed by atoms with E-state index >= 15 is 0 Å². The fraction of sp³-hybridized carbons (Fsp3) is 0.467. The molecule has 6 heteroatoms. The average Bonchev–Trinajstić information content (AvgIpc) is 3.02. The summed E-state index contributed by atoms with van der Waals surface area (Å²) in [5, 5.41) is 14.9. The van der Waals surface area contributed by atoms with Gasteiger partial charge < -0.3 is 15.7 Å². The number of carboxylic acid groups (broad SMARTS) is 1. The van der Waals surface area contributed by atoms with Crippen molar-refractivity contribution in [2.45, 2.75) is 25.3 Å². The lowest BCUT2D eigenvalue weighted by Gasteiger charge is -2.18. The first-order chi connectivity index (χ1) is 10.1. The highest BCUT2D eigenvalue weighted by molar-refractivity contribution is 6.02. The minimum Gasteiger partial charge on any atom is -0.478 e. The molecule has 2 aliphatic rings. The normalized spacial score (nSPS) is 27.4. The molecule has 1 aromatic rings. The van der Waals surface area contributed by atoms with Crippen LogP contribution in [0, 0.1) is 17.7 Å². The van der Waals surface area contributed by atoms with Crippen LogP contribution in [-0.4, -0.2) is 29.6 Å². The van der Waals surface area contributed by atoms with Crippen molar-refractivity contribution in [2.24, 2.45) is 11.8 Å². The van der Waals surface area contributed by atoms with Crippen LogP contribution >= 0.6 is 0 Å². The van der Waals surface area contributed by atoms with E-state index in [4.69, 9.17) is 5.11 Å². The smallest absolute Gasteiger partial charge is 0.337 e. The van der Waals surface area contributed by atoms with Crippen LogP contribution in [0.15, 0.2) is 18.2 Å². The Hall–Kier alpha value is -1.95. The molecular formula is C15H17FN2O3. The van der Waals surface area contributed by atoms with Crippen molar-refractivity contribution in [2.75, 3.05) is 11.9 Å². The molecular weight excluding hydrogens is 275 g/mol. The lowest BCUT2D eigenvalue weighted by Crippen LogP contribution is -2.40. The van der Waals surface area contributed by atoms with Gasteiger partial charge in [0.1, 0.15) is 5.82 Å². The van der Waals surface area contributed by atoms with E-state index in [1.54, 1.807) is 0 Å². The maximum atomic E-state index is 13.1. The second-order valence-corrected chi connectivity index (χ2v) is 5.73. The number of carboxylic acids is 1. The molecule has 0 aromatic heterocycles. The highest BCUT2D eigenvalue weighted by atomic mass is 19.1. The number of fused-ring (bicyclic) bond motifs is 1. The van der Waals surface area contributed by atoms with Crippen LogP contribution in [0.4, 0.5) is 10.1 Å². The summed E-state index contributed by atoms with van der Waals surface area (Å²) in [6.07, 6.45) is 3.29. The molecule has 1 saturated heterocycles. The van der Waals surface area contributed by atoms with E-state index in [-0.39, 0.29) is 23.2 Å². The van der Waals surface area contributed by atoms with Gasteiger partial charge in [0.2, 0.25) is 5.91 Å². The van der Waals surface area contributed by atoms with E-state index < -0.39 is 11.8 Å². The molecule has 3 atom stereocenters. The summed E-state index contributed by atoms with van der Waals surface area (Å²) >= 11 is 0. The van der Waals surface area contributed by atoms with Gasteiger partial charge in [0.25, 0.3) is 0 Å². The Bertz CT molecular complexity index is 590. The Morgan fingerprint density at radius 3 is 2.90 bits per heavy atom. The van der Waals surface area contributed by atoms with Gasteiger partial charge in [-0.25, -0.2) is 9.18 Å². The van der Waals surface area contributed by atoms with Gasteiger partial charge in [0, 0.05) is 0 Å². The van der Waals surface area contributed by atoms with Crippen molar-refractivity contribution in [3.8, 4) is 0 Å². The van der Waals surface area contributed by atoms with Gasteiger partial charge in [-0.2, -0.15) is 0 Å². The van der Waals surface area contributed by atoms with Crippen LogP contribution in [-0.2, 0) is 4.79 Å². The molecule has 3 N–H and O–H groups in total. The van der Waals surface area contributed by atoms with Crippen molar-refractivity contribution in [1.29, 1.82) is 0 Å². The summed E-state index contributed by atoms with van der Waals surface area (Å²) in [4.78, 5) is 23.5. The Balaban J connectivity index is 1.77. The zero-order chi connectivity index (χ0) is 15.0. The van der Waals surface area contributed by atoms with Crippen molar-refractivity contribution in [3.63, 3.8) is 0 Å². The van der Waals surface area contributed by atoms with Crippen LogP contribution in [0.1, 0.15) is 29.6 Å². The topological polar surface area (TPSA) is 78.4 Å². The monoisotopic (exact) mass is 292 g/mol. The summed E-state index contributed by atoms with van der Waals surface area (Å²) in [6, 6.07) is 3.06. The quantitative estimate of drug-likeness (QED) is 0.794. The maximum Gasteiger partial charge on any atom is 0.337 e. The van der Waals surface area contributed by atoms with Crippen molar-refractivity contribution < 1.29 is 19.1 Å². The second kappa shape index (κ2) is 5.44. The van der Waals surface area contributed by atoms with Gasteiger partial charge in [-0.3, -0.25) is 4.79 Å². The number of nitrogens with one attached hydrogen (secondary N) is 2. The van der Waals surface area contributed by atoms with Crippen LogP contribution < -0.4 is 10.6 Å². The Morgan fingerprint density at radius 2 is 2.14 bits per heavy atom. The Morgan fingerprint density at radius 1 is 1.33 bits per heavy atom. The summed E-state index contributed by atoms with van der Waals surface area (Å²) in [6.45, 7) is 0.831. The first-order valence-electron chi connectivity index (χ1n) is 7.13. The van der Waals surface area contributed by atoms with E-state index in [2.05, 4.69) is 10.6 Å². The van der Waals surface area contributed by atoms with Gasteiger partial charge in [0.05, 0.1) is 17.3 Å². The third-order valence-corrected chi connectivity index (χ3v) is 4.50. The summed E-state index contributed by atoms with van der Waals surface area (Å²) < 4.78 is 13.1. The zero-order valence-electron chi connectivity index (χ0n) is 11.4. The molecule has 2 fully saturated rings. The maximum absolute atomic E-state index is 13.1. The van der Waals surface area contributed by atoms with Gasteiger partial charge in [-0.1, -0.05) is 6.42 Å². The van der Waals surface area contributed by atoms with Crippen LogP contribution in [0.25, 0.3) is 0 Å².